The van der Waals surface area contributed by atoms with Crippen molar-refractivity contribution in [1.29, 1.82) is 0 Å². The lowest BCUT2D eigenvalue weighted by Gasteiger charge is -2.40. The fourth-order valence-electron chi connectivity index (χ4n) is 3.21. The average molecular weight is 275 g/mol. The Balaban J connectivity index is 1.99. The fraction of sp³-hybridized carbons (Fsp3) is 0.647. The minimum Gasteiger partial charge on any atom is -0.329 e. The summed E-state index contributed by atoms with van der Waals surface area (Å²) in [6.07, 6.45) is 0. The van der Waals surface area contributed by atoms with E-state index in [1.54, 1.807) is 0 Å². The van der Waals surface area contributed by atoms with Crippen LogP contribution in [0, 0.1) is 12.8 Å². The van der Waals surface area contributed by atoms with Gasteiger partial charge in [-0.05, 0) is 24.0 Å². The molecular formula is C17H29N3. The Labute approximate surface area is 123 Å². The van der Waals surface area contributed by atoms with Crippen LogP contribution in [0.25, 0.3) is 0 Å². The van der Waals surface area contributed by atoms with Crippen LogP contribution in [0.4, 0.5) is 0 Å². The summed E-state index contributed by atoms with van der Waals surface area (Å²) >= 11 is 0. The van der Waals surface area contributed by atoms with Crippen molar-refractivity contribution < 1.29 is 0 Å². The molecule has 1 aromatic rings. The van der Waals surface area contributed by atoms with Crippen LogP contribution < -0.4 is 5.73 Å². The first-order valence-electron chi connectivity index (χ1n) is 7.83. The van der Waals surface area contributed by atoms with E-state index < -0.39 is 0 Å². The van der Waals surface area contributed by atoms with E-state index in [1.807, 2.05) is 0 Å². The quantitative estimate of drug-likeness (QED) is 0.895. The van der Waals surface area contributed by atoms with Gasteiger partial charge in [0.25, 0.3) is 0 Å². The van der Waals surface area contributed by atoms with Crippen LogP contribution in [-0.2, 0) is 0 Å². The predicted octanol–water partition coefficient (Wildman–Crippen LogP) is 2.27. The third-order valence-electron chi connectivity index (χ3n) is 4.24. The zero-order valence-corrected chi connectivity index (χ0v) is 13.2. The first-order valence-corrected chi connectivity index (χ1v) is 7.83. The number of nitrogens with two attached hydrogens (primary N) is 1. The molecule has 1 fully saturated rings. The standard InChI is InChI=1S/C17H29N3/c1-14(2)13-19-8-10-20(11-9-19)17(12-18)16-7-5-4-6-15(16)3/h4-7,14,17H,8-13,18H2,1-3H3. The van der Waals surface area contributed by atoms with Crippen molar-refractivity contribution >= 4 is 0 Å². The molecule has 0 bridgehead atoms. The van der Waals surface area contributed by atoms with E-state index in [4.69, 9.17) is 5.73 Å². The lowest BCUT2D eigenvalue weighted by molar-refractivity contribution is 0.0910. The molecule has 0 saturated carbocycles. The Hall–Kier alpha value is -0.900. The Morgan fingerprint density at radius 2 is 1.75 bits per heavy atom. The number of benzene rings is 1. The molecule has 0 spiro atoms. The molecule has 20 heavy (non-hydrogen) atoms. The van der Waals surface area contributed by atoms with Crippen molar-refractivity contribution in [1.82, 2.24) is 9.80 Å². The molecule has 1 unspecified atom stereocenters. The van der Waals surface area contributed by atoms with Crippen molar-refractivity contribution in [2.45, 2.75) is 26.8 Å². The Morgan fingerprint density at radius 3 is 2.30 bits per heavy atom. The van der Waals surface area contributed by atoms with Crippen LogP contribution in [0.5, 0.6) is 0 Å². The van der Waals surface area contributed by atoms with E-state index in [-0.39, 0.29) is 0 Å². The number of hydrogen-bond acceptors (Lipinski definition) is 3. The van der Waals surface area contributed by atoms with Gasteiger partial charge in [0.15, 0.2) is 0 Å². The van der Waals surface area contributed by atoms with Gasteiger partial charge in [-0.2, -0.15) is 0 Å². The molecule has 1 aliphatic rings. The van der Waals surface area contributed by atoms with Crippen LogP contribution in [-0.4, -0.2) is 49.1 Å². The molecule has 1 aromatic carbocycles. The van der Waals surface area contributed by atoms with Gasteiger partial charge in [0.1, 0.15) is 0 Å². The SMILES string of the molecule is Cc1ccccc1C(CN)N1CCN(CC(C)C)CC1. The molecule has 3 nitrogen and oxygen atoms in total. The van der Waals surface area contributed by atoms with Gasteiger partial charge in [-0.3, -0.25) is 4.90 Å². The first-order chi connectivity index (χ1) is 9.61. The minimum absolute atomic E-state index is 0.373. The van der Waals surface area contributed by atoms with Gasteiger partial charge < -0.3 is 10.6 Å². The summed E-state index contributed by atoms with van der Waals surface area (Å²) in [6.45, 7) is 13.3. The summed E-state index contributed by atoms with van der Waals surface area (Å²) in [5.74, 6) is 0.753. The molecule has 1 saturated heterocycles. The topological polar surface area (TPSA) is 32.5 Å². The Kier molecular flexibility index (Phi) is 5.58. The minimum atomic E-state index is 0.373. The predicted molar refractivity (Wildman–Crippen MR) is 85.8 cm³/mol. The highest BCUT2D eigenvalue weighted by Gasteiger charge is 2.24. The number of hydrogen-bond donors (Lipinski definition) is 1. The van der Waals surface area contributed by atoms with Crippen molar-refractivity contribution in [2.75, 3.05) is 39.3 Å². The van der Waals surface area contributed by atoms with Crippen molar-refractivity contribution in [3.63, 3.8) is 0 Å². The van der Waals surface area contributed by atoms with E-state index in [0.717, 1.165) is 19.0 Å². The van der Waals surface area contributed by atoms with Gasteiger partial charge >= 0.3 is 0 Å². The summed E-state index contributed by atoms with van der Waals surface area (Å²) in [5.41, 5.74) is 8.81. The van der Waals surface area contributed by atoms with Gasteiger partial charge in [-0.15, -0.1) is 0 Å². The molecule has 0 aromatic heterocycles. The summed E-state index contributed by atoms with van der Waals surface area (Å²) < 4.78 is 0. The van der Waals surface area contributed by atoms with Crippen LogP contribution >= 0.6 is 0 Å². The molecule has 0 radical (unpaired) electrons. The maximum Gasteiger partial charge on any atom is 0.0474 e. The van der Waals surface area contributed by atoms with Gasteiger partial charge in [-0.25, -0.2) is 0 Å². The molecule has 2 N–H and O–H groups in total. The molecule has 1 aliphatic heterocycles. The van der Waals surface area contributed by atoms with E-state index >= 15 is 0 Å². The third kappa shape index (κ3) is 3.81. The number of piperazine rings is 1. The largest absolute Gasteiger partial charge is 0.329 e. The molecule has 0 aliphatic carbocycles. The highest BCUT2D eigenvalue weighted by Crippen LogP contribution is 2.24. The van der Waals surface area contributed by atoms with Crippen LogP contribution in [0.15, 0.2) is 24.3 Å². The van der Waals surface area contributed by atoms with Crippen LogP contribution in [0.2, 0.25) is 0 Å². The fourth-order valence-corrected chi connectivity index (χ4v) is 3.21. The van der Waals surface area contributed by atoms with E-state index in [9.17, 15) is 0 Å². The molecule has 2 rings (SSSR count). The second-order valence-corrected chi connectivity index (χ2v) is 6.34. The van der Waals surface area contributed by atoms with Gasteiger partial charge in [-0.1, -0.05) is 38.1 Å². The third-order valence-corrected chi connectivity index (χ3v) is 4.24. The van der Waals surface area contributed by atoms with Gasteiger partial charge in [0.2, 0.25) is 0 Å². The van der Waals surface area contributed by atoms with E-state index in [1.165, 1.54) is 30.8 Å². The summed E-state index contributed by atoms with van der Waals surface area (Å²) in [4.78, 5) is 5.13. The second-order valence-electron chi connectivity index (χ2n) is 6.34. The Bertz CT molecular complexity index is 408. The first kappa shape index (κ1) is 15.5. The Morgan fingerprint density at radius 1 is 1.10 bits per heavy atom. The van der Waals surface area contributed by atoms with E-state index in [0.29, 0.717) is 12.6 Å². The molecular weight excluding hydrogens is 246 g/mol. The number of rotatable bonds is 5. The van der Waals surface area contributed by atoms with Crippen molar-refractivity contribution in [3.8, 4) is 0 Å². The van der Waals surface area contributed by atoms with Gasteiger partial charge in [0.05, 0.1) is 0 Å². The smallest absolute Gasteiger partial charge is 0.0474 e. The lowest BCUT2D eigenvalue weighted by atomic mass is 9.99. The van der Waals surface area contributed by atoms with Crippen molar-refractivity contribution in [3.05, 3.63) is 35.4 Å². The highest BCUT2D eigenvalue weighted by atomic mass is 15.3. The second kappa shape index (κ2) is 7.21. The maximum absolute atomic E-state index is 6.06. The van der Waals surface area contributed by atoms with Gasteiger partial charge in [0, 0.05) is 45.3 Å². The summed E-state index contributed by atoms with van der Waals surface area (Å²) in [6, 6.07) is 9.02. The highest BCUT2D eigenvalue weighted by molar-refractivity contribution is 5.29. The molecule has 1 heterocycles. The number of nitrogens with zero attached hydrogens (tertiary/aromatic N) is 2. The monoisotopic (exact) mass is 275 g/mol. The number of aryl methyl sites for hydroxylation is 1. The zero-order valence-electron chi connectivity index (χ0n) is 13.2. The zero-order chi connectivity index (χ0) is 14.5. The van der Waals surface area contributed by atoms with Crippen molar-refractivity contribution in [2.24, 2.45) is 11.7 Å². The lowest BCUT2D eigenvalue weighted by Crippen LogP contribution is -2.49. The van der Waals surface area contributed by atoms with Crippen LogP contribution in [0.1, 0.15) is 31.0 Å². The summed E-state index contributed by atoms with van der Waals surface area (Å²) in [5, 5.41) is 0. The molecule has 112 valence electrons. The van der Waals surface area contributed by atoms with Crippen LogP contribution in [0.3, 0.4) is 0 Å². The molecule has 0 amide bonds. The summed E-state index contributed by atoms with van der Waals surface area (Å²) in [7, 11) is 0. The average Bonchev–Trinajstić information content (AvgIpc) is 2.43. The molecule has 1 atom stereocenters. The van der Waals surface area contributed by atoms with E-state index in [2.05, 4.69) is 54.8 Å². The normalized spacial score (nSPS) is 19.4. The molecule has 3 heteroatoms. The maximum atomic E-state index is 6.06.